The lowest BCUT2D eigenvalue weighted by atomic mass is 10.2. The molecule has 0 spiro atoms. The Bertz CT molecular complexity index is 1110. The molecule has 1 amide bonds. The molecule has 0 atom stereocenters. The average molecular weight is 371 g/mol. The molecule has 0 unspecified atom stereocenters. The summed E-state index contributed by atoms with van der Waals surface area (Å²) in [6.45, 7) is 4.48. The van der Waals surface area contributed by atoms with Gasteiger partial charge >= 0.3 is 0 Å². The van der Waals surface area contributed by atoms with Gasteiger partial charge in [-0.25, -0.2) is 0 Å². The Hall–Kier alpha value is -3.73. The van der Waals surface area contributed by atoms with E-state index in [1.54, 1.807) is 24.3 Å². The summed E-state index contributed by atoms with van der Waals surface area (Å²) in [5, 5.41) is 11.7. The van der Waals surface area contributed by atoms with E-state index in [1.165, 1.54) is 10.8 Å². The SMILES string of the molecule is C=C(NNC(=O)CCn1c2ccccc2c2ccccc21)c1ccc(O)cc1. The quantitative estimate of drug-likeness (QED) is 0.446. The molecule has 0 bridgehead atoms. The van der Waals surface area contributed by atoms with Gasteiger partial charge < -0.3 is 9.67 Å². The lowest BCUT2D eigenvalue weighted by molar-refractivity contribution is -0.121. The standard InChI is InChI=1S/C23H21N3O2/c1-16(17-10-12-18(27)13-11-17)24-25-23(28)14-15-26-21-8-4-2-6-19(21)20-7-3-5-9-22(20)26/h2-13,24,27H,1,14-15H2,(H,25,28). The zero-order valence-electron chi connectivity index (χ0n) is 15.4. The monoisotopic (exact) mass is 371 g/mol. The number of aromatic hydroxyl groups is 1. The zero-order chi connectivity index (χ0) is 19.5. The predicted molar refractivity (Wildman–Crippen MR) is 112 cm³/mol. The van der Waals surface area contributed by atoms with Crippen LogP contribution in [-0.2, 0) is 11.3 Å². The van der Waals surface area contributed by atoms with Crippen molar-refractivity contribution in [3.05, 3.63) is 84.9 Å². The molecule has 4 aromatic rings. The van der Waals surface area contributed by atoms with E-state index < -0.39 is 0 Å². The van der Waals surface area contributed by atoms with Crippen molar-refractivity contribution in [2.45, 2.75) is 13.0 Å². The number of aryl methyl sites for hydroxylation is 1. The van der Waals surface area contributed by atoms with E-state index in [0.29, 0.717) is 18.7 Å². The summed E-state index contributed by atoms with van der Waals surface area (Å²) >= 11 is 0. The van der Waals surface area contributed by atoms with Gasteiger partial charge in [-0.15, -0.1) is 0 Å². The molecule has 0 aliphatic carbocycles. The number of phenols is 1. The first-order valence-corrected chi connectivity index (χ1v) is 9.12. The topological polar surface area (TPSA) is 66.3 Å². The van der Waals surface area contributed by atoms with Crippen LogP contribution < -0.4 is 10.9 Å². The lowest BCUT2D eigenvalue weighted by Crippen LogP contribution is -2.36. The van der Waals surface area contributed by atoms with E-state index >= 15 is 0 Å². The van der Waals surface area contributed by atoms with Crippen LogP contribution in [-0.4, -0.2) is 15.6 Å². The number of carbonyl (C=O) groups is 1. The van der Waals surface area contributed by atoms with Gasteiger partial charge in [0.05, 0.1) is 5.70 Å². The summed E-state index contributed by atoms with van der Waals surface area (Å²) in [6, 6.07) is 23.1. The molecule has 5 heteroatoms. The Morgan fingerprint density at radius 2 is 1.43 bits per heavy atom. The summed E-state index contributed by atoms with van der Waals surface area (Å²) in [4.78, 5) is 12.3. The van der Waals surface area contributed by atoms with E-state index in [4.69, 9.17) is 0 Å². The minimum atomic E-state index is -0.123. The molecule has 0 fully saturated rings. The van der Waals surface area contributed by atoms with E-state index in [1.807, 2.05) is 24.3 Å². The second kappa shape index (κ2) is 7.48. The Morgan fingerprint density at radius 3 is 2.04 bits per heavy atom. The molecule has 1 heterocycles. The normalized spacial score (nSPS) is 10.9. The molecule has 0 radical (unpaired) electrons. The number of amides is 1. The molecule has 0 aliphatic rings. The highest BCUT2D eigenvalue weighted by Crippen LogP contribution is 2.28. The first-order valence-electron chi connectivity index (χ1n) is 9.12. The van der Waals surface area contributed by atoms with Gasteiger partial charge in [0.25, 0.3) is 0 Å². The predicted octanol–water partition coefficient (Wildman–Crippen LogP) is 4.18. The second-order valence-corrected chi connectivity index (χ2v) is 6.63. The van der Waals surface area contributed by atoms with Gasteiger partial charge in [-0.2, -0.15) is 0 Å². The van der Waals surface area contributed by atoms with E-state index in [-0.39, 0.29) is 11.7 Å². The highest BCUT2D eigenvalue weighted by atomic mass is 16.3. The summed E-state index contributed by atoms with van der Waals surface area (Å²) in [5.74, 6) is 0.0635. The molecule has 0 saturated heterocycles. The lowest BCUT2D eigenvalue weighted by Gasteiger charge is -2.12. The first kappa shape index (κ1) is 17.7. The van der Waals surface area contributed by atoms with Crippen LogP contribution in [0.4, 0.5) is 0 Å². The molecule has 3 aromatic carbocycles. The van der Waals surface area contributed by atoms with E-state index in [9.17, 15) is 9.90 Å². The maximum Gasteiger partial charge on any atom is 0.240 e. The minimum Gasteiger partial charge on any atom is -0.508 e. The van der Waals surface area contributed by atoms with Crippen LogP contribution in [0.5, 0.6) is 5.75 Å². The van der Waals surface area contributed by atoms with Gasteiger partial charge in [0.1, 0.15) is 5.75 Å². The maximum absolute atomic E-state index is 12.3. The van der Waals surface area contributed by atoms with Gasteiger partial charge in [0.15, 0.2) is 0 Å². The van der Waals surface area contributed by atoms with E-state index in [2.05, 4.69) is 46.3 Å². The van der Waals surface area contributed by atoms with Gasteiger partial charge in [-0.1, -0.05) is 43.0 Å². The number of para-hydroxylation sites is 2. The number of fused-ring (bicyclic) bond motifs is 3. The fourth-order valence-corrected chi connectivity index (χ4v) is 3.40. The van der Waals surface area contributed by atoms with Crippen LogP contribution in [0, 0.1) is 0 Å². The Morgan fingerprint density at radius 1 is 0.857 bits per heavy atom. The third-order valence-corrected chi connectivity index (χ3v) is 4.81. The number of hydrazine groups is 1. The first-order chi connectivity index (χ1) is 13.6. The molecule has 140 valence electrons. The van der Waals surface area contributed by atoms with Crippen LogP contribution in [0.2, 0.25) is 0 Å². The summed E-state index contributed by atoms with van der Waals surface area (Å²) < 4.78 is 2.18. The number of phenolic OH excluding ortho intramolecular Hbond substituents is 1. The van der Waals surface area contributed by atoms with Crippen molar-refractivity contribution in [1.29, 1.82) is 0 Å². The molecule has 4 rings (SSSR count). The highest BCUT2D eigenvalue weighted by Gasteiger charge is 2.11. The average Bonchev–Trinajstić information content (AvgIpc) is 3.05. The van der Waals surface area contributed by atoms with Crippen LogP contribution in [0.25, 0.3) is 27.5 Å². The van der Waals surface area contributed by atoms with Crippen molar-refractivity contribution in [3.8, 4) is 5.75 Å². The molecular weight excluding hydrogens is 350 g/mol. The van der Waals surface area contributed by atoms with Gasteiger partial charge in [-0.3, -0.25) is 15.6 Å². The molecular formula is C23H21N3O2. The van der Waals surface area contributed by atoms with E-state index in [0.717, 1.165) is 16.6 Å². The number of rotatable bonds is 6. The number of nitrogens with one attached hydrogen (secondary N) is 2. The smallest absolute Gasteiger partial charge is 0.240 e. The zero-order valence-corrected chi connectivity index (χ0v) is 15.4. The Labute approximate surface area is 162 Å². The summed E-state index contributed by atoms with van der Waals surface area (Å²) in [7, 11) is 0. The fraction of sp³-hybridized carbons (Fsp3) is 0.0870. The van der Waals surface area contributed by atoms with Crippen molar-refractivity contribution >= 4 is 33.4 Å². The van der Waals surface area contributed by atoms with Crippen molar-refractivity contribution in [2.75, 3.05) is 0 Å². The van der Waals surface area contributed by atoms with Gasteiger partial charge in [-0.05, 0) is 42.0 Å². The maximum atomic E-state index is 12.3. The third kappa shape index (κ3) is 3.42. The Balaban J connectivity index is 1.43. The van der Waals surface area contributed by atoms with Crippen molar-refractivity contribution in [2.24, 2.45) is 0 Å². The minimum absolute atomic E-state index is 0.123. The number of aromatic nitrogens is 1. The highest BCUT2D eigenvalue weighted by molar-refractivity contribution is 6.08. The molecule has 3 N–H and O–H groups in total. The van der Waals surface area contributed by atoms with Gasteiger partial charge in [0, 0.05) is 34.8 Å². The molecule has 5 nitrogen and oxygen atoms in total. The number of benzene rings is 3. The van der Waals surface area contributed by atoms with Crippen LogP contribution in [0.1, 0.15) is 12.0 Å². The number of hydrogen-bond acceptors (Lipinski definition) is 3. The number of hydrogen-bond donors (Lipinski definition) is 3. The Kier molecular flexibility index (Phi) is 4.72. The van der Waals surface area contributed by atoms with Crippen molar-refractivity contribution in [1.82, 2.24) is 15.4 Å². The van der Waals surface area contributed by atoms with Crippen molar-refractivity contribution < 1.29 is 9.90 Å². The van der Waals surface area contributed by atoms with Crippen LogP contribution in [0.3, 0.4) is 0 Å². The largest absolute Gasteiger partial charge is 0.508 e. The van der Waals surface area contributed by atoms with Crippen LogP contribution >= 0.6 is 0 Å². The summed E-state index contributed by atoms with van der Waals surface area (Å²) in [6.07, 6.45) is 0.332. The van der Waals surface area contributed by atoms with Crippen molar-refractivity contribution in [3.63, 3.8) is 0 Å². The fourth-order valence-electron chi connectivity index (χ4n) is 3.40. The molecule has 0 aliphatic heterocycles. The third-order valence-electron chi connectivity index (χ3n) is 4.81. The van der Waals surface area contributed by atoms with Crippen LogP contribution in [0.15, 0.2) is 79.4 Å². The molecule has 0 saturated carbocycles. The second-order valence-electron chi connectivity index (χ2n) is 6.63. The number of nitrogens with zero attached hydrogens (tertiary/aromatic N) is 1. The molecule has 1 aromatic heterocycles. The van der Waals surface area contributed by atoms with Gasteiger partial charge in [0.2, 0.25) is 5.91 Å². The number of carbonyl (C=O) groups excluding carboxylic acids is 1. The summed E-state index contributed by atoms with van der Waals surface area (Å²) in [5.41, 5.74) is 9.13. The molecule has 28 heavy (non-hydrogen) atoms.